The molecule has 0 unspecified atom stereocenters. The van der Waals surface area contributed by atoms with Gasteiger partial charge in [-0.05, 0) is 12.8 Å². The molecular weight excluding hydrogens is 664 g/mol. The molecule has 0 saturated carbocycles. The number of carbonyl (C=O) groups excluding carboxylic acids is 9. The van der Waals surface area contributed by atoms with Crippen LogP contribution in [0.4, 0.5) is 0 Å². The fourth-order valence-electron chi connectivity index (χ4n) is 3.71. The van der Waals surface area contributed by atoms with E-state index in [0.29, 0.717) is 0 Å². The molecule has 18 N–H and O–H groups in total. The number of primary amides is 3. The highest BCUT2D eigenvalue weighted by atomic mass is 16.4. The van der Waals surface area contributed by atoms with Crippen LogP contribution in [0, 0.1) is 0 Å². The number of aliphatic hydroxyl groups excluding tert-OH is 3. The minimum Gasteiger partial charge on any atom is -0.480 e. The van der Waals surface area contributed by atoms with E-state index in [1.165, 1.54) is 0 Å². The Morgan fingerprint density at radius 3 is 1.12 bits per heavy atom. The lowest BCUT2D eigenvalue weighted by molar-refractivity contribution is -0.143. The predicted octanol–water partition coefficient (Wildman–Crippen LogP) is -9.68. The lowest BCUT2D eigenvalue weighted by Gasteiger charge is -2.26. The molecule has 276 valence electrons. The van der Waals surface area contributed by atoms with Gasteiger partial charge in [-0.3, -0.25) is 43.2 Å². The first kappa shape index (κ1) is 43.5. The van der Waals surface area contributed by atoms with E-state index in [2.05, 4.69) is 10.6 Å². The van der Waals surface area contributed by atoms with Crippen LogP contribution < -0.4 is 54.8 Å². The molecule has 0 saturated heterocycles. The Balaban J connectivity index is 5.72. The average Bonchev–Trinajstić information content (AvgIpc) is 3.03. The molecule has 0 heterocycles. The van der Waals surface area contributed by atoms with Gasteiger partial charge in [0.25, 0.3) is 0 Å². The molecular formula is C25H42N10O14. The lowest BCUT2D eigenvalue weighted by Crippen LogP contribution is -2.61. The molecule has 0 aromatic heterocycles. The summed E-state index contributed by atoms with van der Waals surface area (Å²) in [4.78, 5) is 121. The summed E-state index contributed by atoms with van der Waals surface area (Å²) in [6, 6.07) is -10.5. The molecule has 0 bridgehead atoms. The van der Waals surface area contributed by atoms with Gasteiger partial charge in [0, 0.05) is 12.8 Å². The third-order valence-corrected chi connectivity index (χ3v) is 6.30. The molecule has 0 rings (SSSR count). The van der Waals surface area contributed by atoms with Crippen LogP contribution in [0.1, 0.15) is 32.1 Å². The number of aliphatic hydroxyl groups is 3. The molecule has 0 radical (unpaired) electrons. The number of carboxylic acids is 1. The van der Waals surface area contributed by atoms with E-state index in [9.17, 15) is 68.4 Å². The fraction of sp³-hybridized carbons (Fsp3) is 0.600. The molecule has 0 aliphatic rings. The number of hydrogen-bond donors (Lipinski definition) is 14. The number of carbonyl (C=O) groups is 10. The predicted molar refractivity (Wildman–Crippen MR) is 160 cm³/mol. The van der Waals surface area contributed by atoms with Gasteiger partial charge in [-0.15, -0.1) is 0 Å². The van der Waals surface area contributed by atoms with Crippen LogP contribution in [-0.4, -0.2) is 142 Å². The van der Waals surface area contributed by atoms with Gasteiger partial charge in [0.15, 0.2) is 0 Å². The maximum absolute atomic E-state index is 13.0. The molecule has 0 fully saturated rings. The Morgan fingerprint density at radius 1 is 0.469 bits per heavy atom. The van der Waals surface area contributed by atoms with Gasteiger partial charge in [0.1, 0.15) is 36.3 Å². The standard InChI is InChI=1S/C25H42N10O14/c26-6-19(42)30-12(5-18(29)41)21(44)31-10(1-3-16(27)39)20(43)33-14(8-37)23(46)35-15(9-38)24(47)34-13(7-36)22(45)32-11(25(48)49)2-4-17(28)40/h10-15,36-38H,1-9,26H2,(H2,27,39)(H2,28,40)(H2,29,41)(H,30,42)(H,31,44)(H,32,45)(H,33,43)(H,34,47)(H,35,46)(H,48,49)/t10-,11-,12-,13-,14-,15-/m0/s1. The summed E-state index contributed by atoms with van der Waals surface area (Å²) in [5.74, 6) is -11.4. The highest BCUT2D eigenvalue weighted by molar-refractivity contribution is 5.98. The first-order valence-electron chi connectivity index (χ1n) is 14.3. The van der Waals surface area contributed by atoms with Crippen molar-refractivity contribution in [2.45, 2.75) is 68.4 Å². The highest BCUT2D eigenvalue weighted by Gasteiger charge is 2.33. The van der Waals surface area contributed by atoms with E-state index in [-0.39, 0.29) is 0 Å². The summed E-state index contributed by atoms with van der Waals surface area (Å²) in [5, 5.41) is 50.5. The van der Waals surface area contributed by atoms with Gasteiger partial charge in [-0.25, -0.2) is 4.79 Å². The largest absolute Gasteiger partial charge is 0.480 e. The van der Waals surface area contributed by atoms with E-state index >= 15 is 0 Å². The number of nitrogens with one attached hydrogen (secondary N) is 6. The second kappa shape index (κ2) is 22.2. The van der Waals surface area contributed by atoms with Crippen molar-refractivity contribution >= 4 is 59.1 Å². The van der Waals surface area contributed by atoms with E-state index < -0.39 is 154 Å². The Labute approximate surface area is 277 Å². The van der Waals surface area contributed by atoms with E-state index in [0.717, 1.165) is 0 Å². The Kier molecular flexibility index (Phi) is 19.7. The maximum Gasteiger partial charge on any atom is 0.326 e. The van der Waals surface area contributed by atoms with Crippen molar-refractivity contribution in [3.63, 3.8) is 0 Å². The Bertz CT molecular complexity index is 1250. The van der Waals surface area contributed by atoms with Crippen molar-refractivity contribution in [3.05, 3.63) is 0 Å². The number of amides is 9. The quantitative estimate of drug-likeness (QED) is 0.0443. The molecule has 24 heteroatoms. The second-order valence-electron chi connectivity index (χ2n) is 10.2. The molecule has 0 spiro atoms. The van der Waals surface area contributed by atoms with Crippen molar-refractivity contribution < 1.29 is 68.4 Å². The number of hydrogen-bond acceptors (Lipinski definition) is 14. The smallest absolute Gasteiger partial charge is 0.326 e. The Hall–Kier alpha value is -5.46. The van der Waals surface area contributed by atoms with Gasteiger partial charge >= 0.3 is 5.97 Å². The van der Waals surface area contributed by atoms with E-state index in [1.54, 1.807) is 0 Å². The van der Waals surface area contributed by atoms with Crippen molar-refractivity contribution in [1.29, 1.82) is 0 Å². The monoisotopic (exact) mass is 706 g/mol. The van der Waals surface area contributed by atoms with Gasteiger partial charge in [-0.1, -0.05) is 0 Å². The molecule has 6 atom stereocenters. The topological polar surface area (TPSA) is 428 Å². The average molecular weight is 707 g/mol. The number of carboxylic acid groups (broad SMARTS) is 1. The number of rotatable bonds is 24. The van der Waals surface area contributed by atoms with Crippen LogP contribution in [0.25, 0.3) is 0 Å². The normalized spacial score (nSPS) is 14.3. The summed E-state index contributed by atoms with van der Waals surface area (Å²) < 4.78 is 0. The first-order chi connectivity index (χ1) is 22.9. The minimum absolute atomic E-state index is 0.419. The third kappa shape index (κ3) is 16.8. The Morgan fingerprint density at radius 2 is 0.796 bits per heavy atom. The summed E-state index contributed by atoms with van der Waals surface area (Å²) in [7, 11) is 0. The van der Waals surface area contributed by atoms with Crippen LogP contribution in [0.5, 0.6) is 0 Å². The van der Waals surface area contributed by atoms with Crippen molar-refractivity contribution in [2.24, 2.45) is 22.9 Å². The summed E-state index contributed by atoms with van der Waals surface area (Å²) in [6.07, 6.45) is -2.52. The molecule has 0 aromatic carbocycles. The molecule has 0 aliphatic carbocycles. The van der Waals surface area contributed by atoms with Gasteiger partial charge < -0.3 is 75.3 Å². The van der Waals surface area contributed by atoms with E-state index in [4.69, 9.17) is 22.9 Å². The van der Waals surface area contributed by atoms with E-state index in [1.807, 2.05) is 21.3 Å². The summed E-state index contributed by atoms with van der Waals surface area (Å²) in [6.45, 7) is -3.93. The van der Waals surface area contributed by atoms with Crippen molar-refractivity contribution in [3.8, 4) is 0 Å². The van der Waals surface area contributed by atoms with Crippen LogP contribution in [0.15, 0.2) is 0 Å². The van der Waals surface area contributed by atoms with Crippen molar-refractivity contribution in [2.75, 3.05) is 26.4 Å². The minimum atomic E-state index is -1.88. The maximum atomic E-state index is 13.0. The SMILES string of the molecule is NCC(=O)N[C@@H](CC(N)=O)C(=O)N[C@@H](CCC(N)=O)C(=O)N[C@@H](CO)C(=O)N[C@@H](CO)C(=O)N[C@@H](CO)C(=O)N[C@@H](CCC(N)=O)C(=O)O. The van der Waals surface area contributed by atoms with Gasteiger partial charge in [0.05, 0.1) is 32.8 Å². The summed E-state index contributed by atoms with van der Waals surface area (Å²) in [5.41, 5.74) is 20.4. The molecule has 24 nitrogen and oxygen atoms in total. The number of nitrogens with two attached hydrogens (primary N) is 4. The molecule has 0 aromatic rings. The first-order valence-corrected chi connectivity index (χ1v) is 14.3. The van der Waals surface area contributed by atoms with Gasteiger partial charge in [-0.2, -0.15) is 0 Å². The zero-order valence-corrected chi connectivity index (χ0v) is 26.0. The van der Waals surface area contributed by atoms with Crippen LogP contribution in [0.2, 0.25) is 0 Å². The summed E-state index contributed by atoms with van der Waals surface area (Å²) >= 11 is 0. The highest BCUT2D eigenvalue weighted by Crippen LogP contribution is 2.03. The third-order valence-electron chi connectivity index (χ3n) is 6.30. The van der Waals surface area contributed by atoms with Crippen LogP contribution in [0.3, 0.4) is 0 Å². The molecule has 49 heavy (non-hydrogen) atoms. The molecule has 0 aliphatic heterocycles. The number of aliphatic carboxylic acids is 1. The van der Waals surface area contributed by atoms with Crippen LogP contribution in [-0.2, 0) is 47.9 Å². The zero-order chi connectivity index (χ0) is 37.8. The fourth-order valence-corrected chi connectivity index (χ4v) is 3.71. The molecule has 9 amide bonds. The zero-order valence-electron chi connectivity index (χ0n) is 26.0. The second-order valence-corrected chi connectivity index (χ2v) is 10.2. The lowest BCUT2D eigenvalue weighted by atomic mass is 10.1. The van der Waals surface area contributed by atoms with Crippen LogP contribution >= 0.6 is 0 Å². The van der Waals surface area contributed by atoms with Gasteiger partial charge in [0.2, 0.25) is 53.2 Å². The van der Waals surface area contributed by atoms with Crippen molar-refractivity contribution in [1.82, 2.24) is 31.9 Å².